The zero-order valence-corrected chi connectivity index (χ0v) is 17.2. The van der Waals surface area contributed by atoms with Gasteiger partial charge in [-0.2, -0.15) is 5.10 Å². The molecule has 28 heavy (non-hydrogen) atoms. The summed E-state index contributed by atoms with van der Waals surface area (Å²) in [5.74, 6) is 3.26. The fourth-order valence-electron chi connectivity index (χ4n) is 6.39. The van der Waals surface area contributed by atoms with Crippen LogP contribution in [0.3, 0.4) is 0 Å². The van der Waals surface area contributed by atoms with E-state index in [0.29, 0.717) is 17.9 Å². The Hall–Kier alpha value is -2.10. The van der Waals surface area contributed by atoms with E-state index in [9.17, 15) is 4.79 Å². The zero-order valence-electron chi connectivity index (χ0n) is 17.2. The third-order valence-electron chi connectivity index (χ3n) is 7.25. The van der Waals surface area contributed by atoms with Crippen molar-refractivity contribution in [1.82, 2.24) is 15.1 Å². The van der Waals surface area contributed by atoms with E-state index < -0.39 is 0 Å². The molecule has 1 aromatic heterocycles. The van der Waals surface area contributed by atoms with Crippen LogP contribution in [-0.2, 0) is 5.41 Å². The van der Waals surface area contributed by atoms with Gasteiger partial charge in [0.1, 0.15) is 0 Å². The van der Waals surface area contributed by atoms with Gasteiger partial charge in [-0.1, -0.05) is 39.0 Å². The Bertz CT molecular complexity index is 849. The van der Waals surface area contributed by atoms with E-state index in [2.05, 4.69) is 31.2 Å². The van der Waals surface area contributed by atoms with Crippen LogP contribution >= 0.6 is 0 Å². The molecular weight excluding hydrogens is 346 g/mol. The first-order valence-electron chi connectivity index (χ1n) is 10.8. The SMILES string of the molecule is CC(C)(C)c1c(C(=O)NC2C3CC4CC(C3)CC2C4)cnn1-c1ccccc1. The number of carbonyl (C=O) groups excluding carboxylic acids is 1. The van der Waals surface area contributed by atoms with Crippen molar-refractivity contribution in [2.75, 3.05) is 0 Å². The molecule has 1 amide bonds. The Morgan fingerprint density at radius 1 is 1.00 bits per heavy atom. The van der Waals surface area contributed by atoms with Gasteiger partial charge >= 0.3 is 0 Å². The van der Waals surface area contributed by atoms with Gasteiger partial charge in [-0.25, -0.2) is 4.68 Å². The standard InChI is InChI=1S/C24H31N3O/c1-24(2,3)22-20(14-25-27(22)19-7-5-4-6-8-19)23(28)26-21-17-10-15-9-16(12-17)13-18(21)11-15/h4-8,14-18,21H,9-13H2,1-3H3,(H,26,28). The summed E-state index contributed by atoms with van der Waals surface area (Å²) >= 11 is 0. The number of nitrogens with zero attached hydrogens (tertiary/aromatic N) is 2. The molecule has 0 unspecified atom stereocenters. The second-order valence-electron chi connectivity index (χ2n) is 10.3. The summed E-state index contributed by atoms with van der Waals surface area (Å²) in [4.78, 5) is 13.4. The number of amides is 1. The number of hydrogen-bond acceptors (Lipinski definition) is 2. The van der Waals surface area contributed by atoms with Gasteiger partial charge in [0.25, 0.3) is 5.91 Å². The van der Waals surface area contributed by atoms with Crippen molar-refractivity contribution >= 4 is 5.91 Å². The highest BCUT2D eigenvalue weighted by Gasteiger charge is 2.48. The van der Waals surface area contributed by atoms with Crippen LogP contribution in [0.2, 0.25) is 0 Å². The van der Waals surface area contributed by atoms with Gasteiger partial charge in [-0.15, -0.1) is 0 Å². The minimum atomic E-state index is -0.178. The van der Waals surface area contributed by atoms with Crippen LogP contribution in [0.15, 0.2) is 36.5 Å². The Morgan fingerprint density at radius 3 is 2.18 bits per heavy atom. The van der Waals surface area contributed by atoms with Crippen molar-refractivity contribution in [3.05, 3.63) is 47.8 Å². The fraction of sp³-hybridized carbons (Fsp3) is 0.583. The van der Waals surface area contributed by atoms with Crippen LogP contribution < -0.4 is 5.32 Å². The quantitative estimate of drug-likeness (QED) is 0.841. The van der Waals surface area contributed by atoms with E-state index in [4.69, 9.17) is 0 Å². The molecule has 0 spiro atoms. The average Bonchev–Trinajstić information content (AvgIpc) is 3.10. The molecule has 0 atom stereocenters. The van der Waals surface area contributed by atoms with Crippen LogP contribution in [0.1, 0.15) is 68.9 Å². The maximum atomic E-state index is 13.4. The van der Waals surface area contributed by atoms with Crippen molar-refractivity contribution in [2.24, 2.45) is 23.7 Å². The molecule has 4 bridgehead atoms. The maximum Gasteiger partial charge on any atom is 0.255 e. The Morgan fingerprint density at radius 2 is 1.61 bits per heavy atom. The van der Waals surface area contributed by atoms with E-state index in [1.165, 1.54) is 32.1 Å². The molecule has 1 heterocycles. The molecule has 0 saturated heterocycles. The molecule has 6 rings (SSSR count). The third-order valence-corrected chi connectivity index (χ3v) is 7.25. The lowest BCUT2D eigenvalue weighted by atomic mass is 9.54. The molecule has 4 aliphatic carbocycles. The van der Waals surface area contributed by atoms with Gasteiger partial charge in [-0.3, -0.25) is 4.79 Å². The zero-order chi connectivity index (χ0) is 19.5. The van der Waals surface area contributed by atoms with Gasteiger partial charge in [0.15, 0.2) is 0 Å². The normalized spacial score (nSPS) is 31.2. The Labute approximate surface area is 167 Å². The first-order valence-corrected chi connectivity index (χ1v) is 10.8. The van der Waals surface area contributed by atoms with Crippen molar-refractivity contribution in [3.63, 3.8) is 0 Å². The summed E-state index contributed by atoms with van der Waals surface area (Å²) in [6, 6.07) is 10.5. The highest BCUT2D eigenvalue weighted by atomic mass is 16.1. The van der Waals surface area contributed by atoms with Crippen molar-refractivity contribution < 1.29 is 4.79 Å². The lowest BCUT2D eigenvalue weighted by Gasteiger charge is -2.54. The molecule has 148 valence electrons. The van der Waals surface area contributed by atoms with Crippen molar-refractivity contribution in [1.29, 1.82) is 0 Å². The van der Waals surface area contributed by atoms with Crippen LogP contribution in [0.4, 0.5) is 0 Å². The highest BCUT2D eigenvalue weighted by molar-refractivity contribution is 5.96. The first kappa shape index (κ1) is 18.0. The van der Waals surface area contributed by atoms with Gasteiger partial charge in [-0.05, 0) is 67.9 Å². The molecular formula is C24H31N3O. The van der Waals surface area contributed by atoms with E-state index >= 15 is 0 Å². The highest BCUT2D eigenvalue weighted by Crippen LogP contribution is 2.53. The second-order valence-corrected chi connectivity index (χ2v) is 10.3. The topological polar surface area (TPSA) is 46.9 Å². The monoisotopic (exact) mass is 377 g/mol. The van der Waals surface area contributed by atoms with Gasteiger partial charge < -0.3 is 5.32 Å². The van der Waals surface area contributed by atoms with Gasteiger partial charge in [0.2, 0.25) is 0 Å². The molecule has 4 heteroatoms. The van der Waals surface area contributed by atoms with E-state index in [1.54, 1.807) is 6.20 Å². The number of aromatic nitrogens is 2. The third kappa shape index (κ3) is 2.98. The van der Waals surface area contributed by atoms with E-state index in [1.807, 2.05) is 35.0 Å². The maximum absolute atomic E-state index is 13.4. The van der Waals surface area contributed by atoms with Crippen LogP contribution in [-0.4, -0.2) is 21.7 Å². The average molecular weight is 378 g/mol. The van der Waals surface area contributed by atoms with Gasteiger partial charge in [0.05, 0.1) is 23.1 Å². The lowest BCUT2D eigenvalue weighted by molar-refractivity contribution is -0.0119. The number of hydrogen-bond donors (Lipinski definition) is 1. The number of rotatable bonds is 3. The first-order chi connectivity index (χ1) is 13.4. The molecule has 0 radical (unpaired) electrons. The molecule has 1 aromatic carbocycles. The van der Waals surface area contributed by atoms with Crippen LogP contribution in [0.5, 0.6) is 0 Å². The fourth-order valence-corrected chi connectivity index (χ4v) is 6.39. The summed E-state index contributed by atoms with van der Waals surface area (Å²) in [5.41, 5.74) is 2.54. The van der Waals surface area contributed by atoms with E-state index in [-0.39, 0.29) is 11.3 Å². The number of benzene rings is 1. The number of carbonyl (C=O) groups is 1. The summed E-state index contributed by atoms with van der Waals surface area (Å²) in [7, 11) is 0. The molecule has 4 saturated carbocycles. The minimum Gasteiger partial charge on any atom is -0.349 e. The van der Waals surface area contributed by atoms with Crippen LogP contribution in [0.25, 0.3) is 5.69 Å². The summed E-state index contributed by atoms with van der Waals surface area (Å²) in [6.07, 6.45) is 8.45. The lowest BCUT2D eigenvalue weighted by Crippen LogP contribution is -2.55. The predicted octanol–water partition coefficient (Wildman–Crippen LogP) is 4.72. The predicted molar refractivity (Wildman–Crippen MR) is 111 cm³/mol. The largest absolute Gasteiger partial charge is 0.349 e. The summed E-state index contributed by atoms with van der Waals surface area (Å²) < 4.78 is 1.94. The molecule has 1 N–H and O–H groups in total. The second kappa shape index (κ2) is 6.47. The number of nitrogens with one attached hydrogen (secondary N) is 1. The van der Waals surface area contributed by atoms with Crippen molar-refractivity contribution in [2.45, 2.75) is 64.3 Å². The molecule has 4 nitrogen and oxygen atoms in total. The van der Waals surface area contributed by atoms with Gasteiger partial charge in [0, 0.05) is 11.5 Å². The van der Waals surface area contributed by atoms with E-state index in [0.717, 1.165) is 28.8 Å². The molecule has 4 aliphatic rings. The Kier molecular flexibility index (Phi) is 4.15. The van der Waals surface area contributed by atoms with Crippen molar-refractivity contribution in [3.8, 4) is 5.69 Å². The minimum absolute atomic E-state index is 0.0598. The Balaban J connectivity index is 1.45. The molecule has 2 aromatic rings. The molecule has 0 aliphatic heterocycles. The summed E-state index contributed by atoms with van der Waals surface area (Å²) in [6.45, 7) is 6.47. The number of para-hydroxylation sites is 1. The van der Waals surface area contributed by atoms with Crippen LogP contribution in [0, 0.1) is 23.7 Å². The molecule has 4 fully saturated rings. The smallest absolute Gasteiger partial charge is 0.255 e. The summed E-state index contributed by atoms with van der Waals surface area (Å²) in [5, 5.41) is 8.08.